The quantitative estimate of drug-likeness (QED) is 0.756. The fourth-order valence-corrected chi connectivity index (χ4v) is 1.55. The minimum Gasteiger partial charge on any atom is -0.464 e. The highest BCUT2D eigenvalue weighted by Crippen LogP contribution is 2.25. The maximum atomic E-state index is 11.8. The van der Waals surface area contributed by atoms with Crippen molar-refractivity contribution in [1.29, 1.82) is 0 Å². The van der Waals surface area contributed by atoms with E-state index in [9.17, 15) is 4.79 Å². The molecule has 2 rings (SSSR count). The molecular formula is C14H16O4. The van der Waals surface area contributed by atoms with Gasteiger partial charge >= 0.3 is 5.97 Å². The van der Waals surface area contributed by atoms with E-state index in [2.05, 4.69) is 13.8 Å². The summed E-state index contributed by atoms with van der Waals surface area (Å²) in [4.78, 5) is 11.8. The van der Waals surface area contributed by atoms with E-state index >= 15 is 0 Å². The lowest BCUT2D eigenvalue weighted by Crippen LogP contribution is -2.08. The second-order valence-corrected chi connectivity index (χ2v) is 4.46. The van der Waals surface area contributed by atoms with Gasteiger partial charge in [-0.15, -0.1) is 0 Å². The van der Waals surface area contributed by atoms with Crippen molar-refractivity contribution >= 4 is 5.97 Å². The summed E-state index contributed by atoms with van der Waals surface area (Å²) in [6, 6.07) is 5.23. The topological polar surface area (TPSA) is 52.6 Å². The molecule has 2 aromatic rings. The van der Waals surface area contributed by atoms with Crippen LogP contribution in [-0.4, -0.2) is 12.6 Å². The molecule has 0 saturated carbocycles. The normalized spacial score (nSPS) is 10.8. The van der Waals surface area contributed by atoms with E-state index in [1.165, 1.54) is 6.26 Å². The highest BCUT2D eigenvalue weighted by atomic mass is 16.5. The Morgan fingerprint density at radius 2 is 2.11 bits per heavy atom. The van der Waals surface area contributed by atoms with E-state index in [-0.39, 0.29) is 5.76 Å². The van der Waals surface area contributed by atoms with E-state index in [1.54, 1.807) is 24.5 Å². The van der Waals surface area contributed by atoms with E-state index in [0.29, 0.717) is 23.8 Å². The Hall–Kier alpha value is -1.97. The summed E-state index contributed by atoms with van der Waals surface area (Å²) in [5.41, 5.74) is 0.620. The standard InChI is InChI=1S/C14H16O4/c1-10(2)5-8-18-14(15)13-11(6-9-17-13)12-4-3-7-16-12/h3-4,6-7,9-10H,5,8H2,1-2H3. The first kappa shape index (κ1) is 12.5. The molecule has 0 aromatic carbocycles. The van der Waals surface area contributed by atoms with E-state index in [4.69, 9.17) is 13.6 Å². The zero-order valence-corrected chi connectivity index (χ0v) is 10.5. The Labute approximate surface area is 106 Å². The molecule has 2 aromatic heterocycles. The fraction of sp³-hybridized carbons (Fsp3) is 0.357. The van der Waals surface area contributed by atoms with Crippen LogP contribution in [0.4, 0.5) is 0 Å². The molecule has 0 spiro atoms. The fourth-order valence-electron chi connectivity index (χ4n) is 1.55. The minimum absolute atomic E-state index is 0.189. The summed E-state index contributed by atoms with van der Waals surface area (Å²) in [5.74, 6) is 0.833. The van der Waals surface area contributed by atoms with Crippen molar-refractivity contribution in [1.82, 2.24) is 0 Å². The van der Waals surface area contributed by atoms with Crippen molar-refractivity contribution in [3.05, 3.63) is 36.5 Å². The molecule has 0 aliphatic carbocycles. The highest BCUT2D eigenvalue weighted by Gasteiger charge is 2.19. The molecule has 0 fully saturated rings. The predicted molar refractivity (Wildman–Crippen MR) is 66.1 cm³/mol. The van der Waals surface area contributed by atoms with Crippen LogP contribution in [0.25, 0.3) is 11.3 Å². The SMILES string of the molecule is CC(C)CCOC(=O)c1occc1-c1ccco1. The summed E-state index contributed by atoms with van der Waals surface area (Å²) in [7, 11) is 0. The summed E-state index contributed by atoms with van der Waals surface area (Å²) in [6.07, 6.45) is 3.84. The molecule has 0 radical (unpaired) electrons. The average molecular weight is 248 g/mol. The third-order valence-electron chi connectivity index (χ3n) is 2.57. The largest absolute Gasteiger partial charge is 0.464 e. The van der Waals surface area contributed by atoms with Gasteiger partial charge in [-0.1, -0.05) is 13.8 Å². The van der Waals surface area contributed by atoms with Crippen molar-refractivity contribution < 1.29 is 18.4 Å². The predicted octanol–water partition coefficient (Wildman–Crippen LogP) is 3.74. The second-order valence-electron chi connectivity index (χ2n) is 4.46. The molecule has 0 aliphatic heterocycles. The molecule has 2 heterocycles. The number of esters is 1. The van der Waals surface area contributed by atoms with Crippen LogP contribution in [0.1, 0.15) is 30.8 Å². The van der Waals surface area contributed by atoms with Crippen LogP contribution in [0.5, 0.6) is 0 Å². The second kappa shape index (κ2) is 5.58. The van der Waals surface area contributed by atoms with E-state index in [0.717, 1.165) is 6.42 Å². The number of hydrogen-bond donors (Lipinski definition) is 0. The van der Waals surface area contributed by atoms with Gasteiger partial charge in [0, 0.05) is 0 Å². The van der Waals surface area contributed by atoms with Crippen LogP contribution < -0.4 is 0 Å². The van der Waals surface area contributed by atoms with Crippen molar-refractivity contribution in [2.75, 3.05) is 6.61 Å². The van der Waals surface area contributed by atoms with Crippen LogP contribution >= 0.6 is 0 Å². The third-order valence-corrected chi connectivity index (χ3v) is 2.57. The van der Waals surface area contributed by atoms with Crippen molar-refractivity contribution in [2.45, 2.75) is 20.3 Å². The number of furan rings is 2. The molecule has 0 unspecified atom stereocenters. The smallest absolute Gasteiger partial charge is 0.375 e. The molecule has 0 bridgehead atoms. The average Bonchev–Trinajstić information content (AvgIpc) is 2.99. The van der Waals surface area contributed by atoms with Gasteiger partial charge in [-0.25, -0.2) is 4.79 Å². The third kappa shape index (κ3) is 2.83. The zero-order chi connectivity index (χ0) is 13.0. The minimum atomic E-state index is -0.452. The van der Waals surface area contributed by atoms with Crippen LogP contribution in [0.3, 0.4) is 0 Å². The first-order valence-corrected chi connectivity index (χ1v) is 5.97. The van der Waals surface area contributed by atoms with Gasteiger partial charge < -0.3 is 13.6 Å². The maximum absolute atomic E-state index is 11.8. The van der Waals surface area contributed by atoms with Gasteiger partial charge in [-0.3, -0.25) is 0 Å². The van der Waals surface area contributed by atoms with Crippen LogP contribution in [0, 0.1) is 5.92 Å². The first-order valence-electron chi connectivity index (χ1n) is 5.97. The van der Waals surface area contributed by atoms with E-state index in [1.807, 2.05) is 0 Å². The maximum Gasteiger partial charge on any atom is 0.375 e. The molecule has 0 aliphatic rings. The van der Waals surface area contributed by atoms with Crippen molar-refractivity contribution in [2.24, 2.45) is 5.92 Å². The molecule has 0 N–H and O–H groups in total. The molecule has 4 nitrogen and oxygen atoms in total. The van der Waals surface area contributed by atoms with Gasteiger partial charge in [0.05, 0.1) is 24.7 Å². The van der Waals surface area contributed by atoms with Gasteiger partial charge in [-0.2, -0.15) is 0 Å². The van der Waals surface area contributed by atoms with Crippen molar-refractivity contribution in [3.63, 3.8) is 0 Å². The van der Waals surface area contributed by atoms with Crippen molar-refractivity contribution in [3.8, 4) is 11.3 Å². The van der Waals surface area contributed by atoms with Gasteiger partial charge in [-0.05, 0) is 30.5 Å². The summed E-state index contributed by atoms with van der Waals surface area (Å²) < 4.78 is 15.6. The van der Waals surface area contributed by atoms with Gasteiger partial charge in [0.25, 0.3) is 0 Å². The Morgan fingerprint density at radius 3 is 2.78 bits per heavy atom. The molecule has 0 amide bonds. The monoisotopic (exact) mass is 248 g/mol. The van der Waals surface area contributed by atoms with Gasteiger partial charge in [0.15, 0.2) is 0 Å². The van der Waals surface area contributed by atoms with Crippen LogP contribution in [0.2, 0.25) is 0 Å². The number of carbonyl (C=O) groups is 1. The first-order chi connectivity index (χ1) is 8.68. The lowest BCUT2D eigenvalue weighted by Gasteiger charge is -2.05. The Kier molecular flexibility index (Phi) is 3.87. The summed E-state index contributed by atoms with van der Waals surface area (Å²) in [6.45, 7) is 4.55. The molecule has 96 valence electrons. The van der Waals surface area contributed by atoms with Gasteiger partial charge in [0.2, 0.25) is 5.76 Å². The highest BCUT2D eigenvalue weighted by molar-refractivity contribution is 5.93. The molecule has 0 atom stereocenters. The molecule has 0 saturated heterocycles. The lowest BCUT2D eigenvalue weighted by molar-refractivity contribution is 0.0453. The number of carbonyl (C=O) groups excluding carboxylic acids is 1. The van der Waals surface area contributed by atoms with E-state index < -0.39 is 5.97 Å². The Morgan fingerprint density at radius 1 is 1.28 bits per heavy atom. The molecular weight excluding hydrogens is 232 g/mol. The number of rotatable bonds is 5. The molecule has 18 heavy (non-hydrogen) atoms. The summed E-state index contributed by atoms with van der Waals surface area (Å²) in [5, 5.41) is 0. The summed E-state index contributed by atoms with van der Waals surface area (Å²) >= 11 is 0. The Bertz CT molecular complexity index is 494. The lowest BCUT2D eigenvalue weighted by atomic mass is 10.1. The number of ether oxygens (including phenoxy) is 1. The van der Waals surface area contributed by atoms with Gasteiger partial charge in [0.1, 0.15) is 5.76 Å². The zero-order valence-electron chi connectivity index (χ0n) is 10.5. The van der Waals surface area contributed by atoms with Crippen LogP contribution in [-0.2, 0) is 4.74 Å². The number of hydrogen-bond acceptors (Lipinski definition) is 4. The Balaban J connectivity index is 2.05. The molecule has 4 heteroatoms. The van der Waals surface area contributed by atoms with Crippen LogP contribution in [0.15, 0.2) is 39.6 Å².